The van der Waals surface area contributed by atoms with Gasteiger partial charge in [0.1, 0.15) is 30.1 Å². The van der Waals surface area contributed by atoms with Crippen molar-refractivity contribution in [1.82, 2.24) is 14.9 Å². The van der Waals surface area contributed by atoms with Crippen molar-refractivity contribution < 1.29 is 13.9 Å². The van der Waals surface area contributed by atoms with Gasteiger partial charge in [0.2, 0.25) is 0 Å². The lowest BCUT2D eigenvalue weighted by molar-refractivity contribution is -0.0359. The predicted molar refractivity (Wildman–Crippen MR) is 83.6 cm³/mol. The van der Waals surface area contributed by atoms with Gasteiger partial charge in [-0.15, -0.1) is 0 Å². The maximum atomic E-state index is 12.9. The van der Waals surface area contributed by atoms with E-state index in [-0.39, 0.29) is 11.4 Å². The molecule has 0 radical (unpaired) electrons. The number of hydrogen-bond donors (Lipinski definition) is 0. The van der Waals surface area contributed by atoms with E-state index in [0.29, 0.717) is 12.4 Å². The highest BCUT2D eigenvalue weighted by Crippen LogP contribution is 2.27. The van der Waals surface area contributed by atoms with Crippen molar-refractivity contribution in [3.8, 4) is 5.75 Å². The second-order valence-corrected chi connectivity index (χ2v) is 5.84. The minimum absolute atomic E-state index is 0.268. The Hall–Kier alpha value is -2.05. The summed E-state index contributed by atoms with van der Waals surface area (Å²) in [5, 5.41) is 0. The summed E-state index contributed by atoms with van der Waals surface area (Å²) >= 11 is 0. The molecule has 0 amide bonds. The van der Waals surface area contributed by atoms with Crippen LogP contribution in [-0.2, 0) is 11.3 Å². The number of methoxy groups -OCH3 is 1. The van der Waals surface area contributed by atoms with Crippen molar-refractivity contribution in [3.05, 3.63) is 54.4 Å². The third kappa shape index (κ3) is 4.03. The van der Waals surface area contributed by atoms with Gasteiger partial charge in [0.25, 0.3) is 0 Å². The van der Waals surface area contributed by atoms with Crippen LogP contribution in [-0.4, -0.2) is 47.3 Å². The summed E-state index contributed by atoms with van der Waals surface area (Å²) in [4.78, 5) is 10.4. The molecule has 1 fully saturated rings. The fourth-order valence-electron chi connectivity index (χ4n) is 2.82. The molecule has 2 heterocycles. The molecular formula is C17H20FN3O2. The molecule has 3 rings (SSSR count). The Bertz CT molecular complexity index is 623. The molecule has 0 spiro atoms. The van der Waals surface area contributed by atoms with E-state index in [4.69, 9.17) is 9.47 Å². The Balaban J connectivity index is 1.57. The smallest absolute Gasteiger partial charge is 0.123 e. The molecule has 1 unspecified atom stereocenters. The lowest BCUT2D eigenvalue weighted by Crippen LogP contribution is -2.41. The van der Waals surface area contributed by atoms with Crippen LogP contribution in [0.25, 0.3) is 0 Å². The second kappa shape index (κ2) is 7.02. The quantitative estimate of drug-likeness (QED) is 0.818. The Morgan fingerprint density at radius 3 is 2.65 bits per heavy atom. The first-order chi connectivity index (χ1) is 11.2. The summed E-state index contributed by atoms with van der Waals surface area (Å²) in [6, 6.07) is 6.05. The van der Waals surface area contributed by atoms with E-state index in [0.717, 1.165) is 31.6 Å². The van der Waals surface area contributed by atoms with E-state index in [1.807, 2.05) is 12.4 Å². The zero-order valence-electron chi connectivity index (χ0n) is 13.1. The van der Waals surface area contributed by atoms with Crippen molar-refractivity contribution in [1.29, 1.82) is 0 Å². The molecule has 1 aliphatic heterocycles. The molecule has 6 heteroatoms. The Morgan fingerprint density at radius 1 is 1.22 bits per heavy atom. The lowest BCUT2D eigenvalue weighted by atomic mass is 10.0. The first kappa shape index (κ1) is 15.8. The predicted octanol–water partition coefficient (Wildman–Crippen LogP) is 2.29. The topological polar surface area (TPSA) is 47.5 Å². The van der Waals surface area contributed by atoms with Gasteiger partial charge in [0, 0.05) is 44.7 Å². The molecule has 1 aromatic carbocycles. The van der Waals surface area contributed by atoms with Crippen molar-refractivity contribution in [2.75, 3.05) is 26.8 Å². The summed E-state index contributed by atoms with van der Waals surface area (Å²) in [7, 11) is 1.71. The zero-order chi connectivity index (χ0) is 16.1. The van der Waals surface area contributed by atoms with Crippen LogP contribution in [0.1, 0.15) is 12.0 Å². The number of nitrogens with zero attached hydrogens (tertiary/aromatic N) is 3. The van der Waals surface area contributed by atoms with E-state index in [1.54, 1.807) is 19.2 Å². The maximum absolute atomic E-state index is 12.9. The van der Waals surface area contributed by atoms with Crippen LogP contribution in [0, 0.1) is 5.82 Å². The van der Waals surface area contributed by atoms with Crippen LogP contribution in [0.4, 0.5) is 4.39 Å². The minimum Gasteiger partial charge on any atom is -0.491 e. The standard InChI is InChI=1S/C17H20FN3O2/c1-22-17(12-23-16-4-2-15(18)3-5-16)6-7-21(11-17)10-14-8-19-13-20-9-14/h2-5,8-9,13H,6-7,10-12H2,1H3. The Morgan fingerprint density at radius 2 is 1.96 bits per heavy atom. The number of aromatic nitrogens is 2. The van der Waals surface area contributed by atoms with E-state index in [2.05, 4.69) is 14.9 Å². The molecule has 0 aliphatic carbocycles. The number of benzene rings is 1. The van der Waals surface area contributed by atoms with Crippen LogP contribution in [0.15, 0.2) is 43.0 Å². The molecule has 5 nitrogen and oxygen atoms in total. The van der Waals surface area contributed by atoms with E-state index in [1.165, 1.54) is 18.5 Å². The van der Waals surface area contributed by atoms with Gasteiger partial charge in [-0.3, -0.25) is 4.90 Å². The van der Waals surface area contributed by atoms with Gasteiger partial charge in [0.05, 0.1) is 0 Å². The fraction of sp³-hybridized carbons (Fsp3) is 0.412. The van der Waals surface area contributed by atoms with Crippen molar-refractivity contribution in [3.63, 3.8) is 0 Å². The van der Waals surface area contributed by atoms with Crippen LogP contribution in [0.3, 0.4) is 0 Å². The van der Waals surface area contributed by atoms with Crippen LogP contribution < -0.4 is 4.74 Å². The second-order valence-electron chi connectivity index (χ2n) is 5.84. The van der Waals surface area contributed by atoms with E-state index in [9.17, 15) is 4.39 Å². The van der Waals surface area contributed by atoms with Crippen molar-refractivity contribution in [2.24, 2.45) is 0 Å². The molecule has 0 bridgehead atoms. The monoisotopic (exact) mass is 317 g/mol. The normalized spacial score (nSPS) is 21.5. The Kier molecular flexibility index (Phi) is 4.83. The number of ether oxygens (including phenoxy) is 2. The summed E-state index contributed by atoms with van der Waals surface area (Å²) < 4.78 is 24.5. The SMILES string of the molecule is COC1(COc2ccc(F)cc2)CCN(Cc2cncnc2)C1. The van der Waals surface area contributed by atoms with Crippen LogP contribution in [0.5, 0.6) is 5.75 Å². The molecule has 1 aromatic heterocycles. The molecule has 122 valence electrons. The minimum atomic E-state index is -0.343. The summed E-state index contributed by atoms with van der Waals surface area (Å²) in [6.45, 7) is 2.94. The zero-order valence-corrected chi connectivity index (χ0v) is 13.1. The summed E-state index contributed by atoms with van der Waals surface area (Å²) in [6.07, 6.45) is 6.07. The average molecular weight is 317 g/mol. The van der Waals surface area contributed by atoms with E-state index >= 15 is 0 Å². The first-order valence-electron chi connectivity index (χ1n) is 7.59. The molecule has 2 aromatic rings. The molecule has 23 heavy (non-hydrogen) atoms. The van der Waals surface area contributed by atoms with Gasteiger partial charge >= 0.3 is 0 Å². The van der Waals surface area contributed by atoms with Gasteiger partial charge in [0.15, 0.2) is 0 Å². The van der Waals surface area contributed by atoms with Gasteiger partial charge in [-0.2, -0.15) is 0 Å². The number of rotatable bonds is 6. The lowest BCUT2D eigenvalue weighted by Gasteiger charge is -2.28. The number of likely N-dealkylation sites (tertiary alicyclic amines) is 1. The third-order valence-electron chi connectivity index (χ3n) is 4.16. The Labute approximate surface area is 135 Å². The highest BCUT2D eigenvalue weighted by atomic mass is 19.1. The molecule has 1 saturated heterocycles. The highest BCUT2D eigenvalue weighted by molar-refractivity contribution is 5.22. The number of halogens is 1. The molecule has 0 N–H and O–H groups in total. The van der Waals surface area contributed by atoms with E-state index < -0.39 is 0 Å². The molecule has 1 atom stereocenters. The van der Waals surface area contributed by atoms with Gasteiger partial charge in [-0.05, 0) is 30.7 Å². The van der Waals surface area contributed by atoms with Gasteiger partial charge < -0.3 is 9.47 Å². The van der Waals surface area contributed by atoms with Gasteiger partial charge in [-0.1, -0.05) is 0 Å². The summed E-state index contributed by atoms with van der Waals surface area (Å²) in [5.41, 5.74) is 0.739. The van der Waals surface area contributed by atoms with Gasteiger partial charge in [-0.25, -0.2) is 14.4 Å². The largest absolute Gasteiger partial charge is 0.491 e. The first-order valence-corrected chi connectivity index (χ1v) is 7.59. The average Bonchev–Trinajstić information content (AvgIpc) is 2.99. The fourth-order valence-corrected chi connectivity index (χ4v) is 2.82. The number of hydrogen-bond acceptors (Lipinski definition) is 5. The third-order valence-corrected chi connectivity index (χ3v) is 4.16. The highest BCUT2D eigenvalue weighted by Gasteiger charge is 2.39. The van der Waals surface area contributed by atoms with Crippen LogP contribution in [0.2, 0.25) is 0 Å². The molecule has 1 aliphatic rings. The summed E-state index contributed by atoms with van der Waals surface area (Å²) in [5.74, 6) is 0.383. The van der Waals surface area contributed by atoms with Crippen molar-refractivity contribution in [2.45, 2.75) is 18.6 Å². The van der Waals surface area contributed by atoms with Crippen molar-refractivity contribution >= 4 is 0 Å². The maximum Gasteiger partial charge on any atom is 0.123 e. The molecular weight excluding hydrogens is 297 g/mol. The molecule has 0 saturated carbocycles. The van der Waals surface area contributed by atoms with Crippen LogP contribution >= 0.6 is 0 Å².